The second kappa shape index (κ2) is 9.50. The number of amidine groups is 1. The summed E-state index contributed by atoms with van der Waals surface area (Å²) < 4.78 is 35.6. The van der Waals surface area contributed by atoms with Gasteiger partial charge in [-0.05, 0) is 66.8 Å². The summed E-state index contributed by atoms with van der Waals surface area (Å²) in [6.45, 7) is 2.22. The number of methoxy groups -OCH3 is 1. The lowest BCUT2D eigenvalue weighted by Gasteiger charge is -2.43. The summed E-state index contributed by atoms with van der Waals surface area (Å²) in [5.74, 6) is -0.0498. The van der Waals surface area contributed by atoms with Crippen LogP contribution in [0.4, 0.5) is 8.78 Å². The van der Waals surface area contributed by atoms with Gasteiger partial charge >= 0.3 is 0 Å². The normalized spacial score (nSPS) is 20.9. The van der Waals surface area contributed by atoms with Crippen molar-refractivity contribution in [1.82, 2.24) is 14.5 Å². The lowest BCUT2D eigenvalue weighted by atomic mass is 9.93. The second-order valence-corrected chi connectivity index (χ2v) is 8.71. The summed E-state index contributed by atoms with van der Waals surface area (Å²) in [5, 5.41) is 14.2. The molecule has 2 aromatic carbocycles. The first-order valence-corrected chi connectivity index (χ1v) is 11.4. The number of hydrogen-bond donors (Lipinski definition) is 1. The topological polar surface area (TPSA) is 72.1 Å². The van der Waals surface area contributed by atoms with Gasteiger partial charge in [0.05, 0.1) is 37.5 Å². The van der Waals surface area contributed by atoms with E-state index < -0.39 is 23.8 Å². The van der Waals surface area contributed by atoms with Crippen LogP contribution in [0.15, 0.2) is 59.7 Å². The summed E-state index contributed by atoms with van der Waals surface area (Å²) in [6.07, 6.45) is 6.53. The van der Waals surface area contributed by atoms with Crippen LogP contribution in [0, 0.1) is 18.6 Å². The highest BCUT2D eigenvalue weighted by atomic mass is 19.1. The third kappa shape index (κ3) is 4.51. The van der Waals surface area contributed by atoms with E-state index in [1.54, 1.807) is 13.4 Å². The molecule has 3 aromatic rings. The highest BCUT2D eigenvalue weighted by molar-refractivity contribution is 6.03. The standard InChI is InChI=1S/C26H26F2N4O3/c1-16-13-31(15-29-16)22-6-5-17(9-23(22)34-2)8-18-4-3-7-32-25(24(14-33)35-30-26(18)32)19-10-20(27)12-21(28)11-19/h5-6,8-13,15,24-25,33H,3-4,7,14H2,1-2H3/t24?,25-/m0/s1. The molecule has 0 bridgehead atoms. The molecule has 3 heterocycles. The summed E-state index contributed by atoms with van der Waals surface area (Å²) in [4.78, 5) is 11.9. The first kappa shape index (κ1) is 23.0. The fourth-order valence-electron chi connectivity index (χ4n) is 4.76. The number of aromatic nitrogens is 2. The number of nitrogens with zero attached hydrogens (tertiary/aromatic N) is 4. The molecule has 1 aromatic heterocycles. The van der Waals surface area contributed by atoms with E-state index in [2.05, 4.69) is 10.1 Å². The van der Waals surface area contributed by atoms with Crippen LogP contribution < -0.4 is 4.74 Å². The number of hydrogen-bond acceptors (Lipinski definition) is 6. The Labute approximate surface area is 201 Å². The van der Waals surface area contributed by atoms with Gasteiger partial charge in [0.15, 0.2) is 11.9 Å². The highest BCUT2D eigenvalue weighted by Crippen LogP contribution is 2.37. The van der Waals surface area contributed by atoms with Crippen molar-refractivity contribution < 1.29 is 23.5 Å². The first-order valence-electron chi connectivity index (χ1n) is 11.4. The molecule has 1 saturated heterocycles. The quantitative estimate of drug-likeness (QED) is 0.587. The van der Waals surface area contributed by atoms with E-state index in [4.69, 9.17) is 9.57 Å². The van der Waals surface area contributed by atoms with Crippen molar-refractivity contribution in [1.29, 1.82) is 0 Å². The van der Waals surface area contributed by atoms with Gasteiger partial charge in [-0.15, -0.1) is 0 Å². The minimum Gasteiger partial charge on any atom is -0.495 e. The molecule has 2 atom stereocenters. The Balaban J connectivity index is 1.50. The highest BCUT2D eigenvalue weighted by Gasteiger charge is 2.39. The molecule has 0 aliphatic carbocycles. The third-order valence-electron chi connectivity index (χ3n) is 6.31. The molecule has 182 valence electrons. The SMILES string of the molecule is COc1cc(C=C2CCCN3C2=NOC(CO)[C@@H]3c2cc(F)cc(F)c2)ccc1-n1cnc(C)c1. The van der Waals surface area contributed by atoms with Gasteiger partial charge in [-0.25, -0.2) is 13.8 Å². The predicted octanol–water partition coefficient (Wildman–Crippen LogP) is 4.39. The van der Waals surface area contributed by atoms with Crippen molar-refractivity contribution in [2.24, 2.45) is 5.16 Å². The molecule has 0 spiro atoms. The Bertz CT molecular complexity index is 1280. The van der Waals surface area contributed by atoms with E-state index in [9.17, 15) is 13.9 Å². The molecule has 35 heavy (non-hydrogen) atoms. The number of aliphatic hydroxyl groups is 1. The molecule has 0 amide bonds. The van der Waals surface area contributed by atoms with Gasteiger partial charge in [0, 0.05) is 18.8 Å². The van der Waals surface area contributed by atoms with Gasteiger partial charge < -0.3 is 24.1 Å². The number of halogens is 2. The molecule has 2 aliphatic rings. The molecule has 2 aliphatic heterocycles. The van der Waals surface area contributed by atoms with Crippen LogP contribution in [-0.2, 0) is 4.84 Å². The van der Waals surface area contributed by atoms with Crippen LogP contribution in [0.2, 0.25) is 0 Å². The van der Waals surface area contributed by atoms with Crippen molar-refractivity contribution in [3.05, 3.63) is 83.0 Å². The average molecular weight is 481 g/mol. The molecule has 5 rings (SSSR count). The Morgan fingerprint density at radius 2 is 2.00 bits per heavy atom. The van der Waals surface area contributed by atoms with Crippen molar-refractivity contribution in [3.8, 4) is 11.4 Å². The monoisotopic (exact) mass is 480 g/mol. The fourth-order valence-corrected chi connectivity index (χ4v) is 4.76. The third-order valence-corrected chi connectivity index (χ3v) is 6.31. The largest absolute Gasteiger partial charge is 0.495 e. The van der Waals surface area contributed by atoms with E-state index in [-0.39, 0.29) is 6.61 Å². The number of imidazole rings is 1. The van der Waals surface area contributed by atoms with E-state index in [1.165, 1.54) is 12.1 Å². The van der Waals surface area contributed by atoms with Gasteiger partial charge in [-0.2, -0.15) is 0 Å². The molecule has 9 heteroatoms. The number of piperidine rings is 1. The Hall–Kier alpha value is -3.72. The lowest BCUT2D eigenvalue weighted by Crippen LogP contribution is -2.49. The zero-order chi connectivity index (χ0) is 24.5. The summed E-state index contributed by atoms with van der Waals surface area (Å²) >= 11 is 0. The molecular weight excluding hydrogens is 454 g/mol. The molecule has 1 fully saturated rings. The minimum absolute atomic E-state index is 0.332. The molecule has 1 N–H and O–H groups in total. The number of oxime groups is 1. The van der Waals surface area contributed by atoms with Crippen LogP contribution in [0.25, 0.3) is 11.8 Å². The summed E-state index contributed by atoms with van der Waals surface area (Å²) in [5.41, 5.74) is 4.03. The first-order chi connectivity index (χ1) is 17.0. The number of aliphatic hydroxyl groups excluding tert-OH is 1. The molecule has 7 nitrogen and oxygen atoms in total. The Morgan fingerprint density at radius 3 is 2.69 bits per heavy atom. The zero-order valence-corrected chi connectivity index (χ0v) is 19.5. The van der Waals surface area contributed by atoms with E-state index in [0.29, 0.717) is 23.7 Å². The van der Waals surface area contributed by atoms with Crippen molar-refractivity contribution in [3.63, 3.8) is 0 Å². The van der Waals surface area contributed by atoms with E-state index in [0.717, 1.165) is 41.4 Å². The maximum Gasteiger partial charge on any atom is 0.174 e. The van der Waals surface area contributed by atoms with Gasteiger partial charge in [0.1, 0.15) is 17.4 Å². The van der Waals surface area contributed by atoms with Crippen molar-refractivity contribution in [2.75, 3.05) is 20.3 Å². The number of rotatable bonds is 5. The van der Waals surface area contributed by atoms with E-state index >= 15 is 0 Å². The second-order valence-electron chi connectivity index (χ2n) is 8.71. The van der Waals surface area contributed by atoms with Gasteiger partial charge in [0.2, 0.25) is 0 Å². The minimum atomic E-state index is -0.739. The number of benzene rings is 2. The van der Waals surface area contributed by atoms with E-state index in [1.807, 2.05) is 46.9 Å². The number of ether oxygens (including phenoxy) is 1. The molecule has 1 unspecified atom stereocenters. The molecule has 0 radical (unpaired) electrons. The average Bonchev–Trinajstić information content (AvgIpc) is 3.28. The van der Waals surface area contributed by atoms with Crippen LogP contribution in [0.5, 0.6) is 5.75 Å². The smallest absolute Gasteiger partial charge is 0.174 e. The molecule has 0 saturated carbocycles. The van der Waals surface area contributed by atoms with Gasteiger partial charge in [-0.1, -0.05) is 11.2 Å². The van der Waals surface area contributed by atoms with Crippen LogP contribution in [-0.4, -0.2) is 51.8 Å². The summed E-state index contributed by atoms with van der Waals surface area (Å²) in [7, 11) is 1.62. The van der Waals surface area contributed by atoms with Crippen LogP contribution in [0.1, 0.15) is 35.7 Å². The van der Waals surface area contributed by atoms with Gasteiger partial charge in [0.25, 0.3) is 0 Å². The van der Waals surface area contributed by atoms with Crippen LogP contribution >= 0.6 is 0 Å². The lowest BCUT2D eigenvalue weighted by molar-refractivity contribution is -0.0497. The Morgan fingerprint density at radius 1 is 1.20 bits per heavy atom. The number of fused-ring (bicyclic) bond motifs is 1. The zero-order valence-electron chi connectivity index (χ0n) is 19.5. The maximum atomic E-state index is 14.0. The van der Waals surface area contributed by atoms with Crippen LogP contribution in [0.3, 0.4) is 0 Å². The van der Waals surface area contributed by atoms with Crippen molar-refractivity contribution in [2.45, 2.75) is 31.9 Å². The summed E-state index contributed by atoms with van der Waals surface area (Å²) in [6, 6.07) is 8.72. The number of aryl methyl sites for hydroxylation is 1. The van der Waals surface area contributed by atoms with Crippen molar-refractivity contribution >= 4 is 11.9 Å². The maximum absolute atomic E-state index is 14.0. The predicted molar refractivity (Wildman–Crippen MR) is 127 cm³/mol. The fraction of sp³-hybridized carbons (Fsp3) is 0.308. The Kier molecular flexibility index (Phi) is 6.25. The molecular formula is C26H26F2N4O3. The van der Waals surface area contributed by atoms with Gasteiger partial charge in [-0.3, -0.25) is 0 Å².